The van der Waals surface area contributed by atoms with E-state index in [1.165, 1.54) is 0 Å². The van der Waals surface area contributed by atoms with Crippen LogP contribution in [0.2, 0.25) is 0 Å². The Morgan fingerprint density at radius 1 is 1.35 bits per heavy atom. The summed E-state index contributed by atoms with van der Waals surface area (Å²) in [7, 11) is 0. The van der Waals surface area contributed by atoms with Crippen molar-refractivity contribution in [2.75, 3.05) is 5.32 Å². The smallest absolute Gasteiger partial charge is 0.278 e. The van der Waals surface area contributed by atoms with E-state index >= 15 is 0 Å². The van der Waals surface area contributed by atoms with Gasteiger partial charge < -0.3 is 4.42 Å². The minimum absolute atomic E-state index is 0.00343. The molecule has 3 aromatic rings. The van der Waals surface area contributed by atoms with Crippen molar-refractivity contribution in [2.24, 2.45) is 0 Å². The van der Waals surface area contributed by atoms with E-state index in [0.29, 0.717) is 28.8 Å². The van der Waals surface area contributed by atoms with Gasteiger partial charge in [0.1, 0.15) is 18.0 Å². The topological polar surface area (TPSA) is 103 Å². The lowest BCUT2D eigenvalue weighted by molar-refractivity contribution is -0.117. The Morgan fingerprint density at radius 3 is 2.65 bits per heavy atom. The van der Waals surface area contributed by atoms with Crippen LogP contribution in [0, 0.1) is 5.82 Å². The zero-order chi connectivity index (χ0) is 18.8. The van der Waals surface area contributed by atoms with Crippen molar-refractivity contribution in [3.63, 3.8) is 0 Å². The zero-order valence-corrected chi connectivity index (χ0v) is 14.6. The number of furan rings is 1. The predicted octanol–water partition coefficient (Wildman–Crippen LogP) is 2.24. The van der Waals surface area contributed by atoms with E-state index in [4.69, 9.17) is 4.42 Å². The van der Waals surface area contributed by atoms with Crippen LogP contribution in [0.5, 0.6) is 0 Å². The monoisotopic (exact) mass is 359 g/mol. The van der Waals surface area contributed by atoms with Crippen LogP contribution in [0.4, 0.5) is 10.3 Å². The molecule has 0 aliphatic rings. The quantitative estimate of drug-likeness (QED) is 0.749. The summed E-state index contributed by atoms with van der Waals surface area (Å²) in [4.78, 5) is 32.1. The fourth-order valence-corrected chi connectivity index (χ4v) is 2.49. The molecule has 3 heterocycles. The Balaban J connectivity index is 1.94. The molecule has 3 aromatic heterocycles. The number of fused-ring (bicyclic) bond motifs is 1. The van der Waals surface area contributed by atoms with Crippen LogP contribution in [0.15, 0.2) is 27.7 Å². The number of anilines is 1. The Hall–Kier alpha value is -3.10. The Labute approximate surface area is 148 Å². The summed E-state index contributed by atoms with van der Waals surface area (Å²) in [6.07, 6.45) is 2.52. The maximum Gasteiger partial charge on any atom is 0.278 e. The number of carbonyl (C=O) groups excluding carboxylic acids is 1. The molecule has 0 radical (unpaired) electrons. The summed E-state index contributed by atoms with van der Waals surface area (Å²) >= 11 is 0. The molecule has 136 valence electrons. The number of aromatic nitrogens is 4. The van der Waals surface area contributed by atoms with Gasteiger partial charge in [-0.1, -0.05) is 20.8 Å². The third-order valence-corrected chi connectivity index (χ3v) is 3.77. The largest absolute Gasteiger partial charge is 0.459 e. The van der Waals surface area contributed by atoms with E-state index < -0.39 is 17.3 Å². The standard InChI is InChI=1S/C17H18FN5O3/c1-4-11-5-12-15(26-11)14(9(2)3)22-23(16(12)25)8-13(24)21-17-19-6-10(18)7-20-17/h5-7,9H,4,8H2,1-3H3,(H,19,20,21,24). The number of rotatable bonds is 5. The molecule has 0 aliphatic heterocycles. The number of hydrogen-bond donors (Lipinski definition) is 1. The van der Waals surface area contributed by atoms with Crippen LogP contribution in [0.1, 0.15) is 38.1 Å². The first kappa shape index (κ1) is 17.7. The van der Waals surface area contributed by atoms with Gasteiger partial charge in [-0.2, -0.15) is 5.10 Å². The molecule has 9 heteroatoms. The average Bonchev–Trinajstić information content (AvgIpc) is 3.04. The Kier molecular flexibility index (Phi) is 4.79. The van der Waals surface area contributed by atoms with Crippen LogP contribution in [0.3, 0.4) is 0 Å². The molecule has 0 aromatic carbocycles. The number of hydrogen-bond acceptors (Lipinski definition) is 6. The molecule has 8 nitrogen and oxygen atoms in total. The molecule has 1 amide bonds. The van der Waals surface area contributed by atoms with Gasteiger partial charge in [-0.3, -0.25) is 14.9 Å². The first-order valence-electron chi connectivity index (χ1n) is 8.19. The molecule has 0 aliphatic carbocycles. The molecular weight excluding hydrogens is 341 g/mol. The fraction of sp³-hybridized carbons (Fsp3) is 0.353. The van der Waals surface area contributed by atoms with Gasteiger partial charge in [0.2, 0.25) is 11.9 Å². The lowest BCUT2D eigenvalue weighted by atomic mass is 10.1. The fourth-order valence-electron chi connectivity index (χ4n) is 2.49. The van der Waals surface area contributed by atoms with Gasteiger partial charge in [-0.15, -0.1) is 0 Å². The number of nitrogens with one attached hydrogen (secondary N) is 1. The highest BCUT2D eigenvalue weighted by Crippen LogP contribution is 2.24. The van der Waals surface area contributed by atoms with Gasteiger partial charge >= 0.3 is 0 Å². The highest BCUT2D eigenvalue weighted by atomic mass is 19.1. The van der Waals surface area contributed by atoms with E-state index in [1.54, 1.807) is 6.07 Å². The van der Waals surface area contributed by atoms with Crippen LogP contribution in [-0.4, -0.2) is 25.7 Å². The van der Waals surface area contributed by atoms with Gasteiger partial charge in [0.05, 0.1) is 17.8 Å². The molecule has 0 atom stereocenters. The third-order valence-electron chi connectivity index (χ3n) is 3.77. The van der Waals surface area contributed by atoms with Gasteiger partial charge in [0.25, 0.3) is 5.56 Å². The second kappa shape index (κ2) is 7.03. The molecule has 26 heavy (non-hydrogen) atoms. The van der Waals surface area contributed by atoms with E-state index in [0.717, 1.165) is 17.1 Å². The van der Waals surface area contributed by atoms with E-state index in [9.17, 15) is 14.0 Å². The van der Waals surface area contributed by atoms with Crippen molar-refractivity contribution in [1.82, 2.24) is 19.7 Å². The van der Waals surface area contributed by atoms with Crippen LogP contribution in [-0.2, 0) is 17.8 Å². The van der Waals surface area contributed by atoms with Crippen molar-refractivity contribution < 1.29 is 13.6 Å². The molecule has 0 bridgehead atoms. The highest BCUT2D eigenvalue weighted by molar-refractivity contribution is 5.89. The van der Waals surface area contributed by atoms with Crippen molar-refractivity contribution in [3.05, 3.63) is 46.1 Å². The summed E-state index contributed by atoms with van der Waals surface area (Å²) < 4.78 is 19.6. The Bertz CT molecular complexity index is 1010. The predicted molar refractivity (Wildman–Crippen MR) is 92.4 cm³/mol. The molecule has 3 rings (SSSR count). The molecule has 1 N–H and O–H groups in total. The van der Waals surface area contributed by atoms with E-state index in [2.05, 4.69) is 20.4 Å². The molecular formula is C17H18FN5O3. The van der Waals surface area contributed by atoms with Gasteiger partial charge in [0, 0.05) is 12.3 Å². The Morgan fingerprint density at radius 2 is 2.04 bits per heavy atom. The highest BCUT2D eigenvalue weighted by Gasteiger charge is 2.19. The lowest BCUT2D eigenvalue weighted by Gasteiger charge is -2.10. The molecule has 0 saturated carbocycles. The lowest BCUT2D eigenvalue weighted by Crippen LogP contribution is -2.31. The summed E-state index contributed by atoms with van der Waals surface area (Å²) in [5.74, 6) is -0.517. The minimum Gasteiger partial charge on any atom is -0.459 e. The van der Waals surface area contributed by atoms with E-state index in [-0.39, 0.29) is 18.4 Å². The van der Waals surface area contributed by atoms with Gasteiger partial charge in [-0.05, 0) is 6.07 Å². The average molecular weight is 359 g/mol. The van der Waals surface area contributed by atoms with Gasteiger partial charge in [0.15, 0.2) is 11.4 Å². The van der Waals surface area contributed by atoms with Crippen molar-refractivity contribution in [2.45, 2.75) is 39.7 Å². The van der Waals surface area contributed by atoms with Gasteiger partial charge in [-0.25, -0.2) is 19.0 Å². The number of halogens is 1. The summed E-state index contributed by atoms with van der Waals surface area (Å²) in [6, 6.07) is 1.68. The second-order valence-electron chi connectivity index (χ2n) is 6.08. The summed E-state index contributed by atoms with van der Waals surface area (Å²) in [5.41, 5.74) is 0.647. The SMILES string of the molecule is CCc1cc2c(=O)n(CC(=O)Nc3ncc(F)cn3)nc(C(C)C)c2o1. The summed E-state index contributed by atoms with van der Waals surface area (Å²) in [6.45, 7) is 5.46. The number of amides is 1. The van der Waals surface area contributed by atoms with Crippen molar-refractivity contribution >= 4 is 22.8 Å². The number of nitrogens with zero attached hydrogens (tertiary/aromatic N) is 4. The first-order valence-corrected chi connectivity index (χ1v) is 8.19. The maximum atomic E-state index is 12.8. The third kappa shape index (κ3) is 3.46. The van der Waals surface area contributed by atoms with Crippen LogP contribution < -0.4 is 10.9 Å². The molecule has 0 fully saturated rings. The van der Waals surface area contributed by atoms with Crippen molar-refractivity contribution in [3.8, 4) is 0 Å². The normalized spacial score (nSPS) is 11.3. The zero-order valence-electron chi connectivity index (χ0n) is 14.6. The minimum atomic E-state index is -0.611. The van der Waals surface area contributed by atoms with E-state index in [1.807, 2.05) is 20.8 Å². The summed E-state index contributed by atoms with van der Waals surface area (Å²) in [5, 5.41) is 7.09. The molecule has 0 unspecified atom stereocenters. The maximum absolute atomic E-state index is 12.8. The molecule has 0 saturated heterocycles. The first-order chi connectivity index (χ1) is 12.4. The number of carbonyl (C=O) groups is 1. The second-order valence-corrected chi connectivity index (χ2v) is 6.08. The van der Waals surface area contributed by atoms with Crippen LogP contribution >= 0.6 is 0 Å². The van der Waals surface area contributed by atoms with Crippen molar-refractivity contribution in [1.29, 1.82) is 0 Å². The van der Waals surface area contributed by atoms with Crippen LogP contribution in [0.25, 0.3) is 11.0 Å². The molecule has 0 spiro atoms. The number of aryl methyl sites for hydroxylation is 1.